The summed E-state index contributed by atoms with van der Waals surface area (Å²) in [6, 6.07) is 2.16. The Kier molecular flexibility index (Phi) is 2.63. The molecule has 1 aliphatic heterocycles. The van der Waals surface area contributed by atoms with Crippen LogP contribution in [-0.2, 0) is 17.9 Å². The molecule has 1 aromatic rings. The number of aliphatic carboxylic acids is 1. The summed E-state index contributed by atoms with van der Waals surface area (Å²) in [6.45, 7) is 2.44. The third-order valence-corrected chi connectivity index (χ3v) is 3.78. The van der Waals surface area contributed by atoms with Gasteiger partial charge < -0.3 is 5.11 Å². The van der Waals surface area contributed by atoms with Gasteiger partial charge in [-0.25, -0.2) is 0 Å². The average Bonchev–Trinajstić information content (AvgIpc) is 2.56. The highest BCUT2D eigenvalue weighted by atomic mass is 16.4. The summed E-state index contributed by atoms with van der Waals surface area (Å²) in [4.78, 5) is 12.6. The number of rotatable bonds is 3. The summed E-state index contributed by atoms with van der Waals surface area (Å²) < 4.78 is 2.05. The SMILES string of the molecule is O=C(O)CN1CCn2nc(C3CCC3)cc2C1. The van der Waals surface area contributed by atoms with Crippen LogP contribution < -0.4 is 0 Å². The van der Waals surface area contributed by atoms with Crippen molar-refractivity contribution >= 4 is 5.97 Å². The highest BCUT2D eigenvalue weighted by molar-refractivity contribution is 5.69. The molecule has 0 aromatic carbocycles. The van der Waals surface area contributed by atoms with Gasteiger partial charge in [0.2, 0.25) is 0 Å². The topological polar surface area (TPSA) is 58.4 Å². The third-order valence-electron chi connectivity index (χ3n) is 3.78. The first kappa shape index (κ1) is 10.8. The van der Waals surface area contributed by atoms with E-state index in [9.17, 15) is 4.79 Å². The van der Waals surface area contributed by atoms with Crippen molar-refractivity contribution in [2.45, 2.75) is 38.3 Å². The minimum Gasteiger partial charge on any atom is -0.480 e. The Balaban J connectivity index is 1.73. The van der Waals surface area contributed by atoms with E-state index in [-0.39, 0.29) is 6.54 Å². The monoisotopic (exact) mass is 235 g/mol. The minimum absolute atomic E-state index is 0.129. The molecule has 1 aromatic heterocycles. The molecule has 5 heteroatoms. The van der Waals surface area contributed by atoms with Crippen molar-refractivity contribution in [1.29, 1.82) is 0 Å². The maximum atomic E-state index is 10.7. The standard InChI is InChI=1S/C12H17N3O2/c16-12(17)8-14-4-5-15-10(7-14)6-11(13-15)9-2-1-3-9/h6,9H,1-5,7-8H2,(H,16,17). The first-order chi connectivity index (χ1) is 8.22. The van der Waals surface area contributed by atoms with Gasteiger partial charge in [-0.2, -0.15) is 5.10 Å². The lowest BCUT2D eigenvalue weighted by Gasteiger charge is -2.25. The van der Waals surface area contributed by atoms with Gasteiger partial charge in [-0.3, -0.25) is 14.4 Å². The second kappa shape index (κ2) is 4.14. The molecule has 5 nitrogen and oxygen atoms in total. The molecule has 0 bridgehead atoms. The Morgan fingerprint density at radius 1 is 1.47 bits per heavy atom. The number of nitrogens with zero attached hydrogens (tertiary/aromatic N) is 3. The number of carbonyl (C=O) groups is 1. The Hall–Kier alpha value is -1.36. The molecule has 0 radical (unpaired) electrons. The van der Waals surface area contributed by atoms with Gasteiger partial charge in [0.15, 0.2) is 0 Å². The Morgan fingerprint density at radius 3 is 2.94 bits per heavy atom. The van der Waals surface area contributed by atoms with E-state index < -0.39 is 5.97 Å². The smallest absolute Gasteiger partial charge is 0.317 e. The average molecular weight is 235 g/mol. The Labute approximate surface area is 100 Å². The molecule has 0 amide bonds. The predicted molar refractivity (Wildman–Crippen MR) is 61.7 cm³/mol. The number of hydrogen-bond acceptors (Lipinski definition) is 3. The van der Waals surface area contributed by atoms with Crippen molar-refractivity contribution in [2.24, 2.45) is 0 Å². The van der Waals surface area contributed by atoms with Crippen LogP contribution in [0.5, 0.6) is 0 Å². The van der Waals surface area contributed by atoms with E-state index in [1.165, 1.54) is 30.7 Å². The van der Waals surface area contributed by atoms with Crippen LogP contribution in [0, 0.1) is 0 Å². The fraction of sp³-hybridized carbons (Fsp3) is 0.667. The number of fused-ring (bicyclic) bond motifs is 1. The van der Waals surface area contributed by atoms with Gasteiger partial charge in [-0.1, -0.05) is 6.42 Å². The van der Waals surface area contributed by atoms with Gasteiger partial charge >= 0.3 is 5.97 Å². The Bertz CT molecular complexity index is 437. The van der Waals surface area contributed by atoms with Gasteiger partial charge in [0.25, 0.3) is 0 Å². The van der Waals surface area contributed by atoms with E-state index in [4.69, 9.17) is 5.11 Å². The van der Waals surface area contributed by atoms with E-state index in [1.54, 1.807) is 0 Å². The maximum absolute atomic E-state index is 10.7. The molecule has 1 aliphatic carbocycles. The van der Waals surface area contributed by atoms with Gasteiger partial charge in [-0.05, 0) is 18.9 Å². The molecule has 0 atom stereocenters. The lowest BCUT2D eigenvalue weighted by Crippen LogP contribution is -2.37. The van der Waals surface area contributed by atoms with Gasteiger partial charge in [0.05, 0.1) is 24.5 Å². The van der Waals surface area contributed by atoms with Crippen molar-refractivity contribution in [3.05, 3.63) is 17.5 Å². The van der Waals surface area contributed by atoms with Crippen molar-refractivity contribution in [3.63, 3.8) is 0 Å². The molecular weight excluding hydrogens is 218 g/mol. The zero-order valence-electron chi connectivity index (χ0n) is 9.80. The zero-order valence-corrected chi connectivity index (χ0v) is 9.80. The minimum atomic E-state index is -0.753. The molecular formula is C12H17N3O2. The summed E-state index contributed by atoms with van der Waals surface area (Å²) in [5.74, 6) is -0.0989. The number of hydrogen-bond donors (Lipinski definition) is 1. The van der Waals surface area contributed by atoms with Crippen molar-refractivity contribution in [3.8, 4) is 0 Å². The van der Waals surface area contributed by atoms with E-state index in [0.717, 1.165) is 13.1 Å². The van der Waals surface area contributed by atoms with E-state index >= 15 is 0 Å². The van der Waals surface area contributed by atoms with Crippen LogP contribution in [0.2, 0.25) is 0 Å². The summed E-state index contributed by atoms with van der Waals surface area (Å²) >= 11 is 0. The Morgan fingerprint density at radius 2 is 2.29 bits per heavy atom. The van der Waals surface area contributed by atoms with Crippen LogP contribution in [0.3, 0.4) is 0 Å². The molecule has 0 unspecified atom stereocenters. The van der Waals surface area contributed by atoms with Crippen molar-refractivity contribution in [2.75, 3.05) is 13.1 Å². The van der Waals surface area contributed by atoms with Crippen LogP contribution in [0.4, 0.5) is 0 Å². The molecule has 92 valence electrons. The van der Waals surface area contributed by atoms with E-state index in [1.807, 2.05) is 9.58 Å². The van der Waals surface area contributed by atoms with Crippen molar-refractivity contribution in [1.82, 2.24) is 14.7 Å². The number of carboxylic acids is 1. The van der Waals surface area contributed by atoms with Crippen LogP contribution in [0.25, 0.3) is 0 Å². The maximum Gasteiger partial charge on any atom is 0.317 e. The molecule has 2 heterocycles. The first-order valence-corrected chi connectivity index (χ1v) is 6.23. The fourth-order valence-corrected chi connectivity index (χ4v) is 2.57. The molecule has 3 rings (SSSR count). The largest absolute Gasteiger partial charge is 0.480 e. The summed E-state index contributed by atoms with van der Waals surface area (Å²) in [5.41, 5.74) is 2.38. The summed E-state index contributed by atoms with van der Waals surface area (Å²) in [6.07, 6.45) is 3.84. The van der Waals surface area contributed by atoms with E-state index in [0.29, 0.717) is 12.5 Å². The van der Waals surface area contributed by atoms with Crippen LogP contribution in [-0.4, -0.2) is 38.8 Å². The van der Waals surface area contributed by atoms with Gasteiger partial charge in [0.1, 0.15) is 0 Å². The highest BCUT2D eigenvalue weighted by Crippen LogP contribution is 2.36. The first-order valence-electron chi connectivity index (χ1n) is 6.23. The van der Waals surface area contributed by atoms with Crippen LogP contribution >= 0.6 is 0 Å². The molecule has 2 aliphatic rings. The second-order valence-electron chi connectivity index (χ2n) is 5.02. The van der Waals surface area contributed by atoms with Crippen molar-refractivity contribution < 1.29 is 9.90 Å². The van der Waals surface area contributed by atoms with Crippen LogP contribution in [0.1, 0.15) is 36.6 Å². The third kappa shape index (κ3) is 2.07. The molecule has 1 N–H and O–H groups in total. The summed E-state index contributed by atoms with van der Waals surface area (Å²) in [7, 11) is 0. The highest BCUT2D eigenvalue weighted by Gasteiger charge is 2.26. The predicted octanol–water partition coefficient (Wildman–Crippen LogP) is 1.05. The molecule has 17 heavy (non-hydrogen) atoms. The zero-order chi connectivity index (χ0) is 11.8. The second-order valence-corrected chi connectivity index (χ2v) is 5.02. The summed E-state index contributed by atoms with van der Waals surface area (Å²) in [5, 5.41) is 13.4. The lowest BCUT2D eigenvalue weighted by molar-refractivity contribution is -0.138. The van der Waals surface area contributed by atoms with Crippen LogP contribution in [0.15, 0.2) is 6.07 Å². The lowest BCUT2D eigenvalue weighted by atomic mass is 9.83. The fourth-order valence-electron chi connectivity index (χ4n) is 2.57. The molecule has 1 fully saturated rings. The molecule has 0 saturated heterocycles. The van der Waals surface area contributed by atoms with E-state index in [2.05, 4.69) is 11.2 Å². The number of aromatic nitrogens is 2. The molecule has 0 spiro atoms. The normalized spacial score (nSPS) is 20.9. The van der Waals surface area contributed by atoms with Gasteiger partial charge in [0, 0.05) is 19.0 Å². The van der Waals surface area contributed by atoms with Gasteiger partial charge in [-0.15, -0.1) is 0 Å². The quantitative estimate of drug-likeness (QED) is 0.850. The number of carboxylic acid groups (broad SMARTS) is 1. The molecule has 1 saturated carbocycles.